The number of hydrogen-bond acceptors (Lipinski definition) is 0. The first kappa shape index (κ1) is 10.8. The van der Waals surface area contributed by atoms with E-state index >= 15 is 0 Å². The van der Waals surface area contributed by atoms with Crippen molar-refractivity contribution in [3.63, 3.8) is 0 Å². The molecule has 1 atom stereocenters. The summed E-state index contributed by atoms with van der Waals surface area (Å²) >= 11 is 0. The van der Waals surface area contributed by atoms with E-state index in [1.807, 2.05) is 19.1 Å². The molecule has 0 saturated heterocycles. The van der Waals surface area contributed by atoms with Crippen molar-refractivity contribution in [1.82, 2.24) is 0 Å². The van der Waals surface area contributed by atoms with Gasteiger partial charge in [0.05, 0.1) is 0 Å². The Morgan fingerprint density at radius 3 is 2.50 bits per heavy atom. The summed E-state index contributed by atoms with van der Waals surface area (Å²) < 4.78 is 12.6. The van der Waals surface area contributed by atoms with E-state index in [1.54, 1.807) is 0 Å². The van der Waals surface area contributed by atoms with Crippen molar-refractivity contribution in [3.05, 3.63) is 35.6 Å². The topological polar surface area (TPSA) is 0 Å². The fraction of sp³-hybridized carbons (Fsp3) is 0.385. The third-order valence-corrected chi connectivity index (χ3v) is 1.98. The molecular weight excluding hydrogens is 175 g/mol. The maximum Gasteiger partial charge on any atom is 0.123 e. The van der Waals surface area contributed by atoms with Gasteiger partial charge in [-0.05, 0) is 24.1 Å². The minimum atomic E-state index is -0.180. The zero-order chi connectivity index (χ0) is 10.4. The largest absolute Gasteiger partial charge is 0.207 e. The molecule has 0 bridgehead atoms. The molecule has 0 nitrogen and oxygen atoms in total. The van der Waals surface area contributed by atoms with Gasteiger partial charge in [-0.2, -0.15) is 0 Å². The summed E-state index contributed by atoms with van der Waals surface area (Å²) in [6, 6.07) is 6.63. The molecule has 14 heavy (non-hydrogen) atoms. The summed E-state index contributed by atoms with van der Waals surface area (Å²) in [5, 5.41) is 0. The molecule has 0 heterocycles. The van der Waals surface area contributed by atoms with E-state index in [1.165, 1.54) is 12.1 Å². The Balaban J connectivity index is 2.56. The van der Waals surface area contributed by atoms with Crippen LogP contribution >= 0.6 is 0 Å². The van der Waals surface area contributed by atoms with Gasteiger partial charge in [0.15, 0.2) is 0 Å². The highest BCUT2D eigenvalue weighted by Crippen LogP contribution is 2.08. The van der Waals surface area contributed by atoms with E-state index in [0.717, 1.165) is 18.4 Å². The fourth-order valence-electron chi connectivity index (χ4n) is 1.30. The maximum absolute atomic E-state index is 12.6. The average Bonchev–Trinajstić information content (AvgIpc) is 2.18. The molecule has 74 valence electrons. The highest BCUT2D eigenvalue weighted by molar-refractivity contribution is 5.18. The average molecular weight is 190 g/mol. The summed E-state index contributed by atoms with van der Waals surface area (Å²) in [4.78, 5) is 0. The molecule has 0 saturated carbocycles. The Morgan fingerprint density at radius 2 is 1.93 bits per heavy atom. The zero-order valence-electron chi connectivity index (χ0n) is 8.68. The van der Waals surface area contributed by atoms with Gasteiger partial charge in [-0.25, -0.2) is 4.39 Å². The van der Waals surface area contributed by atoms with Crippen LogP contribution in [0.2, 0.25) is 0 Å². The van der Waals surface area contributed by atoms with Crippen molar-refractivity contribution in [2.24, 2.45) is 5.92 Å². The second-order valence-electron chi connectivity index (χ2n) is 3.41. The summed E-state index contributed by atoms with van der Waals surface area (Å²) in [6.07, 6.45) is 1.79. The van der Waals surface area contributed by atoms with Gasteiger partial charge in [0, 0.05) is 12.3 Å². The van der Waals surface area contributed by atoms with Gasteiger partial charge in [0.25, 0.3) is 0 Å². The highest BCUT2D eigenvalue weighted by atomic mass is 19.1. The third-order valence-electron chi connectivity index (χ3n) is 1.98. The zero-order valence-corrected chi connectivity index (χ0v) is 8.68. The van der Waals surface area contributed by atoms with Crippen LogP contribution in [0.1, 0.15) is 25.8 Å². The number of halogens is 1. The van der Waals surface area contributed by atoms with E-state index in [4.69, 9.17) is 0 Å². The molecule has 0 aliphatic carbocycles. The van der Waals surface area contributed by atoms with Gasteiger partial charge >= 0.3 is 0 Å². The molecule has 0 aromatic heterocycles. The maximum atomic E-state index is 12.6. The van der Waals surface area contributed by atoms with Crippen LogP contribution in [-0.2, 0) is 6.42 Å². The van der Waals surface area contributed by atoms with Crippen molar-refractivity contribution in [2.45, 2.75) is 26.7 Å². The van der Waals surface area contributed by atoms with Crippen molar-refractivity contribution in [3.8, 4) is 11.8 Å². The first-order chi connectivity index (χ1) is 6.72. The van der Waals surface area contributed by atoms with E-state index in [0.29, 0.717) is 5.92 Å². The Hall–Kier alpha value is -1.29. The normalized spacial score (nSPS) is 11.6. The van der Waals surface area contributed by atoms with Gasteiger partial charge in [0.1, 0.15) is 5.82 Å². The van der Waals surface area contributed by atoms with Crippen molar-refractivity contribution in [1.29, 1.82) is 0 Å². The van der Waals surface area contributed by atoms with Gasteiger partial charge in [-0.3, -0.25) is 0 Å². The van der Waals surface area contributed by atoms with Crippen molar-refractivity contribution in [2.75, 3.05) is 0 Å². The van der Waals surface area contributed by atoms with E-state index in [9.17, 15) is 4.39 Å². The summed E-state index contributed by atoms with van der Waals surface area (Å²) in [6.45, 7) is 4.13. The van der Waals surface area contributed by atoms with Crippen LogP contribution in [0.3, 0.4) is 0 Å². The van der Waals surface area contributed by atoms with E-state index in [-0.39, 0.29) is 5.82 Å². The third kappa shape index (κ3) is 3.62. The van der Waals surface area contributed by atoms with Crippen LogP contribution in [0.15, 0.2) is 24.3 Å². The molecule has 0 radical (unpaired) electrons. The lowest BCUT2D eigenvalue weighted by Crippen LogP contribution is -1.96. The molecule has 1 aromatic rings. The number of rotatable bonds is 2. The Bertz CT molecular complexity index is 326. The monoisotopic (exact) mass is 190 g/mol. The quantitative estimate of drug-likeness (QED) is 0.627. The van der Waals surface area contributed by atoms with Crippen LogP contribution in [0, 0.1) is 23.6 Å². The lowest BCUT2D eigenvalue weighted by Gasteiger charge is -2.03. The molecule has 0 aliphatic heterocycles. The first-order valence-corrected chi connectivity index (χ1v) is 4.95. The molecule has 1 rings (SSSR count). The Kier molecular flexibility index (Phi) is 4.19. The molecule has 0 spiro atoms. The minimum absolute atomic E-state index is 0.180. The number of hydrogen-bond donors (Lipinski definition) is 0. The predicted molar refractivity (Wildman–Crippen MR) is 57.3 cm³/mol. The Labute approximate surface area is 85.2 Å². The molecule has 1 unspecified atom stereocenters. The minimum Gasteiger partial charge on any atom is -0.207 e. The van der Waals surface area contributed by atoms with E-state index < -0.39 is 0 Å². The molecule has 1 aromatic carbocycles. The van der Waals surface area contributed by atoms with Crippen LogP contribution < -0.4 is 0 Å². The van der Waals surface area contributed by atoms with Crippen LogP contribution in [0.25, 0.3) is 0 Å². The molecular formula is C13H15F. The van der Waals surface area contributed by atoms with Gasteiger partial charge in [0.2, 0.25) is 0 Å². The van der Waals surface area contributed by atoms with Crippen LogP contribution in [0.5, 0.6) is 0 Å². The van der Waals surface area contributed by atoms with Crippen LogP contribution in [0.4, 0.5) is 4.39 Å². The first-order valence-electron chi connectivity index (χ1n) is 4.95. The summed E-state index contributed by atoms with van der Waals surface area (Å²) in [5.74, 6) is 6.38. The molecule has 0 aliphatic rings. The second kappa shape index (κ2) is 5.44. The molecule has 0 N–H and O–H groups in total. The predicted octanol–water partition coefficient (Wildman–Crippen LogP) is 3.42. The molecule has 0 fully saturated rings. The fourth-order valence-corrected chi connectivity index (χ4v) is 1.30. The SMILES string of the molecule is CCC#CC(C)Cc1ccc(F)cc1. The highest BCUT2D eigenvalue weighted by Gasteiger charge is 1.99. The smallest absolute Gasteiger partial charge is 0.123 e. The van der Waals surface area contributed by atoms with Crippen molar-refractivity contribution >= 4 is 0 Å². The molecule has 0 amide bonds. The van der Waals surface area contributed by atoms with Gasteiger partial charge in [-0.1, -0.05) is 31.9 Å². The standard InChI is InChI=1S/C13H15F/c1-3-4-5-11(2)10-12-6-8-13(14)9-7-12/h6-9,11H,3,10H2,1-2H3. The number of benzene rings is 1. The lowest BCUT2D eigenvalue weighted by molar-refractivity contribution is 0.626. The van der Waals surface area contributed by atoms with Crippen LogP contribution in [-0.4, -0.2) is 0 Å². The second-order valence-corrected chi connectivity index (χ2v) is 3.41. The lowest BCUT2D eigenvalue weighted by atomic mass is 10.0. The summed E-state index contributed by atoms with van der Waals surface area (Å²) in [7, 11) is 0. The Morgan fingerprint density at radius 1 is 1.29 bits per heavy atom. The van der Waals surface area contributed by atoms with Crippen molar-refractivity contribution < 1.29 is 4.39 Å². The van der Waals surface area contributed by atoms with Gasteiger partial charge in [-0.15, -0.1) is 5.92 Å². The van der Waals surface area contributed by atoms with Gasteiger partial charge < -0.3 is 0 Å². The molecule has 1 heteroatoms. The van der Waals surface area contributed by atoms with E-state index in [2.05, 4.69) is 18.8 Å². The summed E-state index contributed by atoms with van der Waals surface area (Å²) in [5.41, 5.74) is 1.14.